The molecule has 1 N–H and O–H groups in total. The third-order valence-corrected chi connectivity index (χ3v) is 4.63. The Bertz CT molecular complexity index is 1010. The quantitative estimate of drug-likeness (QED) is 0.510. The average molecular weight is 406 g/mol. The maximum Gasteiger partial charge on any atom is 0.295 e. The molecule has 0 saturated carbocycles. The number of nitrogens with zero attached hydrogens (tertiary/aromatic N) is 4. The van der Waals surface area contributed by atoms with Crippen molar-refractivity contribution in [2.75, 3.05) is 0 Å². The number of nitro groups is 1. The summed E-state index contributed by atoms with van der Waals surface area (Å²) in [5.74, 6) is -0.457. The van der Waals surface area contributed by atoms with Crippen molar-refractivity contribution in [3.63, 3.8) is 0 Å². The van der Waals surface area contributed by atoms with E-state index in [1.165, 1.54) is 35.5 Å². The monoisotopic (exact) mass is 405 g/mol. The molecule has 0 radical (unpaired) electrons. The Hall–Kier alpha value is -2.97. The molecule has 0 aliphatic heterocycles. The second-order valence-corrected chi connectivity index (χ2v) is 6.48. The molecule has 0 aliphatic carbocycles. The molecule has 138 valence electrons. The second-order valence-electron chi connectivity index (χ2n) is 5.67. The number of nitrogens with one attached hydrogen (secondary N) is 1. The average Bonchev–Trinajstić information content (AvgIpc) is 3.17. The highest BCUT2D eigenvalue weighted by Crippen LogP contribution is 2.27. The van der Waals surface area contributed by atoms with Crippen LogP contribution in [0.15, 0.2) is 49.1 Å². The van der Waals surface area contributed by atoms with Gasteiger partial charge in [-0.1, -0.05) is 29.3 Å². The number of nitro benzene ring substituents is 1. The first-order chi connectivity index (χ1) is 12.9. The number of benzene rings is 2. The fraction of sp³-hybridized carbons (Fsp3) is 0.118. The summed E-state index contributed by atoms with van der Waals surface area (Å²) in [4.78, 5) is 27.1. The topological polar surface area (TPSA) is 103 Å². The number of halogens is 2. The van der Waals surface area contributed by atoms with Gasteiger partial charge < -0.3 is 5.32 Å². The van der Waals surface area contributed by atoms with Gasteiger partial charge in [0.2, 0.25) is 0 Å². The molecule has 27 heavy (non-hydrogen) atoms. The lowest BCUT2D eigenvalue weighted by Gasteiger charge is -2.15. The van der Waals surface area contributed by atoms with Crippen LogP contribution in [0.1, 0.15) is 28.9 Å². The fourth-order valence-corrected chi connectivity index (χ4v) is 2.79. The number of hydrogen-bond acceptors (Lipinski definition) is 5. The second kappa shape index (κ2) is 7.73. The Morgan fingerprint density at radius 3 is 2.63 bits per heavy atom. The molecule has 2 aromatic carbocycles. The summed E-state index contributed by atoms with van der Waals surface area (Å²) in [6.45, 7) is 1.77. The van der Waals surface area contributed by atoms with E-state index in [0.717, 1.165) is 5.56 Å². The number of carbonyl (C=O) groups excluding carboxylic acids is 1. The van der Waals surface area contributed by atoms with Crippen molar-refractivity contribution in [3.8, 4) is 5.69 Å². The molecule has 1 unspecified atom stereocenters. The van der Waals surface area contributed by atoms with Gasteiger partial charge in [-0.25, -0.2) is 9.67 Å². The maximum atomic E-state index is 12.5. The number of hydrogen-bond donors (Lipinski definition) is 1. The summed E-state index contributed by atoms with van der Waals surface area (Å²) in [7, 11) is 0. The van der Waals surface area contributed by atoms with E-state index in [1.54, 1.807) is 25.1 Å². The van der Waals surface area contributed by atoms with E-state index in [2.05, 4.69) is 15.4 Å². The first-order valence-electron chi connectivity index (χ1n) is 7.76. The van der Waals surface area contributed by atoms with Crippen LogP contribution in [0.4, 0.5) is 5.69 Å². The van der Waals surface area contributed by atoms with Gasteiger partial charge in [0.25, 0.3) is 11.6 Å². The van der Waals surface area contributed by atoms with Crippen LogP contribution in [0.25, 0.3) is 5.69 Å². The Kier molecular flexibility index (Phi) is 5.38. The number of rotatable bonds is 5. The molecule has 3 rings (SSSR count). The van der Waals surface area contributed by atoms with Gasteiger partial charge in [0.15, 0.2) is 0 Å². The molecular weight excluding hydrogens is 393 g/mol. The minimum Gasteiger partial charge on any atom is -0.346 e. The van der Waals surface area contributed by atoms with Crippen molar-refractivity contribution in [2.45, 2.75) is 13.0 Å². The van der Waals surface area contributed by atoms with Gasteiger partial charge >= 0.3 is 0 Å². The molecule has 8 nitrogen and oxygen atoms in total. The zero-order valence-corrected chi connectivity index (χ0v) is 15.5. The van der Waals surface area contributed by atoms with Crippen LogP contribution in [-0.4, -0.2) is 25.6 Å². The van der Waals surface area contributed by atoms with E-state index < -0.39 is 10.8 Å². The van der Waals surface area contributed by atoms with Gasteiger partial charge in [-0.15, -0.1) is 0 Å². The number of amides is 1. The predicted molar refractivity (Wildman–Crippen MR) is 100 cm³/mol. The van der Waals surface area contributed by atoms with Crippen molar-refractivity contribution >= 4 is 34.8 Å². The summed E-state index contributed by atoms with van der Waals surface area (Å²) in [5.41, 5.74) is 0.867. The van der Waals surface area contributed by atoms with Crippen molar-refractivity contribution in [1.82, 2.24) is 20.1 Å². The van der Waals surface area contributed by atoms with E-state index in [1.807, 2.05) is 0 Å². The van der Waals surface area contributed by atoms with Crippen molar-refractivity contribution < 1.29 is 9.72 Å². The van der Waals surface area contributed by atoms with E-state index in [0.29, 0.717) is 10.0 Å². The van der Waals surface area contributed by atoms with Crippen molar-refractivity contribution in [2.24, 2.45) is 0 Å². The Balaban J connectivity index is 1.85. The summed E-state index contributed by atoms with van der Waals surface area (Å²) in [6, 6.07) is 8.81. The molecule has 10 heteroatoms. The minimum atomic E-state index is -0.573. The molecule has 0 fully saturated rings. The highest BCUT2D eigenvalue weighted by Gasteiger charge is 2.20. The van der Waals surface area contributed by atoms with Crippen LogP contribution in [0.3, 0.4) is 0 Å². The smallest absolute Gasteiger partial charge is 0.295 e. The highest BCUT2D eigenvalue weighted by molar-refractivity contribution is 6.42. The third kappa shape index (κ3) is 4.07. The highest BCUT2D eigenvalue weighted by atomic mass is 35.5. The van der Waals surface area contributed by atoms with Crippen molar-refractivity contribution in [1.29, 1.82) is 0 Å². The minimum absolute atomic E-state index is 0.150. The van der Waals surface area contributed by atoms with Crippen molar-refractivity contribution in [3.05, 3.63) is 80.3 Å². The molecule has 1 amide bonds. The fourth-order valence-electron chi connectivity index (χ4n) is 2.48. The lowest BCUT2D eigenvalue weighted by molar-refractivity contribution is -0.384. The lowest BCUT2D eigenvalue weighted by Crippen LogP contribution is -2.26. The van der Waals surface area contributed by atoms with Crippen LogP contribution < -0.4 is 5.32 Å². The largest absolute Gasteiger partial charge is 0.346 e. The van der Waals surface area contributed by atoms with E-state index in [-0.39, 0.29) is 23.0 Å². The Labute approximate surface area is 163 Å². The Morgan fingerprint density at radius 2 is 2.00 bits per heavy atom. The van der Waals surface area contributed by atoms with Crippen LogP contribution in [-0.2, 0) is 0 Å². The Morgan fingerprint density at radius 1 is 1.22 bits per heavy atom. The van der Waals surface area contributed by atoms with Crippen LogP contribution >= 0.6 is 23.2 Å². The first-order valence-corrected chi connectivity index (χ1v) is 8.51. The van der Waals surface area contributed by atoms with Gasteiger partial charge in [-0.2, -0.15) is 5.10 Å². The van der Waals surface area contributed by atoms with Gasteiger partial charge in [-0.3, -0.25) is 14.9 Å². The number of carbonyl (C=O) groups is 1. The van der Waals surface area contributed by atoms with Crippen LogP contribution in [0.2, 0.25) is 10.0 Å². The molecule has 0 saturated heterocycles. The molecule has 3 aromatic rings. The molecule has 0 bridgehead atoms. The molecule has 0 spiro atoms. The summed E-state index contributed by atoms with van der Waals surface area (Å²) in [6.07, 6.45) is 2.61. The van der Waals surface area contributed by atoms with E-state index in [4.69, 9.17) is 23.2 Å². The van der Waals surface area contributed by atoms with Gasteiger partial charge in [0, 0.05) is 11.6 Å². The molecule has 0 aliphatic rings. The van der Waals surface area contributed by atoms with Gasteiger partial charge in [-0.05, 0) is 36.8 Å². The molecule has 1 heterocycles. The predicted octanol–water partition coefficient (Wildman–Crippen LogP) is 3.97. The van der Waals surface area contributed by atoms with E-state index in [9.17, 15) is 14.9 Å². The normalized spacial score (nSPS) is 11.8. The van der Waals surface area contributed by atoms with Crippen LogP contribution in [0, 0.1) is 10.1 Å². The maximum absolute atomic E-state index is 12.5. The van der Waals surface area contributed by atoms with Gasteiger partial charge in [0.05, 0.1) is 21.0 Å². The molecular formula is C17H13Cl2N5O3. The third-order valence-electron chi connectivity index (χ3n) is 3.89. The summed E-state index contributed by atoms with van der Waals surface area (Å²) >= 11 is 11.9. The molecule has 1 aromatic heterocycles. The van der Waals surface area contributed by atoms with Gasteiger partial charge in [0.1, 0.15) is 18.3 Å². The summed E-state index contributed by atoms with van der Waals surface area (Å²) in [5, 5.41) is 18.8. The zero-order valence-electron chi connectivity index (χ0n) is 14.0. The first kappa shape index (κ1) is 18.8. The molecule has 1 atom stereocenters. The zero-order chi connectivity index (χ0) is 19.6. The van der Waals surface area contributed by atoms with E-state index >= 15 is 0 Å². The van der Waals surface area contributed by atoms with Crippen LogP contribution in [0.5, 0.6) is 0 Å². The lowest BCUT2D eigenvalue weighted by atomic mass is 10.1. The standard InChI is InChI=1S/C17H13Cl2N5O3/c1-10(11-2-4-13(18)14(19)6-11)22-17(25)12-3-5-15(16(7-12)24(26)27)23-9-20-8-21-23/h2-10H,1H3,(H,22,25). The number of aromatic nitrogens is 3. The summed E-state index contributed by atoms with van der Waals surface area (Å²) < 4.78 is 1.26. The SMILES string of the molecule is CC(NC(=O)c1ccc(-n2cncn2)c([N+](=O)[O-])c1)c1ccc(Cl)c(Cl)c1.